The van der Waals surface area contributed by atoms with Crippen LogP contribution >= 0.6 is 11.6 Å². The average molecular weight is 406 g/mol. The number of para-hydroxylation sites is 1. The number of benzene rings is 3. The zero-order chi connectivity index (χ0) is 20.4. The van der Waals surface area contributed by atoms with Crippen LogP contribution in [-0.4, -0.2) is 21.6 Å². The van der Waals surface area contributed by atoms with Crippen LogP contribution < -0.4 is 0 Å². The maximum atomic E-state index is 13.2. The Morgan fingerprint density at radius 2 is 1.66 bits per heavy atom. The summed E-state index contributed by atoms with van der Waals surface area (Å²) >= 11 is 5.93. The fourth-order valence-electron chi connectivity index (χ4n) is 3.41. The molecule has 0 aromatic heterocycles. The molecule has 0 N–H and O–H groups in total. The highest BCUT2D eigenvalue weighted by atomic mass is 35.5. The van der Waals surface area contributed by atoms with Crippen molar-refractivity contribution in [1.29, 1.82) is 0 Å². The zero-order valence-electron chi connectivity index (χ0n) is 15.2. The van der Waals surface area contributed by atoms with Crippen LogP contribution in [0.15, 0.2) is 84.0 Å². The van der Waals surface area contributed by atoms with Gasteiger partial charge in [-0.25, -0.2) is 5.01 Å². The first-order valence-electron chi connectivity index (χ1n) is 9.00. The summed E-state index contributed by atoms with van der Waals surface area (Å²) < 4.78 is 0. The Balaban J connectivity index is 1.78. The molecular formula is C22H16ClN3O3. The fourth-order valence-corrected chi connectivity index (χ4v) is 3.53. The van der Waals surface area contributed by atoms with E-state index in [0.717, 1.165) is 5.56 Å². The molecule has 7 heteroatoms. The van der Waals surface area contributed by atoms with Gasteiger partial charge in [-0.15, -0.1) is 0 Å². The standard InChI is InChI=1S/C22H16ClN3O3/c23-17-12-10-16(11-13-17)22(27)25-21(18-8-4-5-9-20(18)26(28)29)14-19(24-25)15-6-2-1-3-7-15/h1-13,21H,14H2/t21-/m1/s1. The molecule has 29 heavy (non-hydrogen) atoms. The maximum Gasteiger partial charge on any atom is 0.274 e. The molecule has 0 bridgehead atoms. The molecule has 3 aromatic carbocycles. The molecule has 0 radical (unpaired) electrons. The predicted octanol–water partition coefficient (Wildman–Crippen LogP) is 5.24. The van der Waals surface area contributed by atoms with E-state index < -0.39 is 11.0 Å². The quantitative estimate of drug-likeness (QED) is 0.440. The van der Waals surface area contributed by atoms with E-state index in [1.165, 1.54) is 11.1 Å². The van der Waals surface area contributed by atoms with Gasteiger partial charge in [-0.1, -0.05) is 54.1 Å². The van der Waals surface area contributed by atoms with Crippen LogP contribution in [0.1, 0.15) is 33.9 Å². The summed E-state index contributed by atoms with van der Waals surface area (Å²) in [6.07, 6.45) is 0.383. The Morgan fingerprint density at radius 3 is 2.34 bits per heavy atom. The zero-order valence-corrected chi connectivity index (χ0v) is 16.0. The molecule has 144 valence electrons. The maximum absolute atomic E-state index is 13.2. The third-order valence-corrected chi connectivity index (χ3v) is 5.06. The molecule has 0 fully saturated rings. The minimum atomic E-state index is -0.574. The van der Waals surface area contributed by atoms with Gasteiger partial charge in [0.05, 0.1) is 22.2 Å². The van der Waals surface area contributed by atoms with E-state index in [4.69, 9.17) is 11.6 Å². The van der Waals surface area contributed by atoms with Gasteiger partial charge >= 0.3 is 0 Å². The van der Waals surface area contributed by atoms with Crippen LogP contribution in [0, 0.1) is 10.1 Å². The van der Waals surface area contributed by atoms with E-state index in [2.05, 4.69) is 5.10 Å². The summed E-state index contributed by atoms with van der Waals surface area (Å²) in [7, 11) is 0. The van der Waals surface area contributed by atoms with Gasteiger partial charge in [0.25, 0.3) is 11.6 Å². The topological polar surface area (TPSA) is 75.8 Å². The van der Waals surface area contributed by atoms with E-state index in [-0.39, 0.29) is 11.6 Å². The van der Waals surface area contributed by atoms with Gasteiger partial charge in [0, 0.05) is 23.1 Å². The summed E-state index contributed by atoms with van der Waals surface area (Å²) in [5, 5.41) is 18.0. The molecule has 0 saturated carbocycles. The number of nitrogens with zero attached hydrogens (tertiary/aromatic N) is 3. The number of hydrogen-bond acceptors (Lipinski definition) is 4. The number of carbonyl (C=O) groups is 1. The summed E-state index contributed by atoms with van der Waals surface area (Å²) in [5.41, 5.74) is 2.42. The molecule has 1 amide bonds. The Labute approximate surface area is 172 Å². The summed E-state index contributed by atoms with van der Waals surface area (Å²) in [6.45, 7) is 0. The van der Waals surface area contributed by atoms with Gasteiger partial charge in [-0.05, 0) is 35.9 Å². The van der Waals surface area contributed by atoms with E-state index in [9.17, 15) is 14.9 Å². The second-order valence-electron chi connectivity index (χ2n) is 6.61. The SMILES string of the molecule is O=C(c1ccc(Cl)cc1)N1N=C(c2ccccc2)C[C@@H]1c1ccccc1[N+](=O)[O-]. The van der Waals surface area contributed by atoms with Crippen molar-refractivity contribution in [2.45, 2.75) is 12.5 Å². The molecule has 1 heterocycles. The Hall–Kier alpha value is -3.51. The Kier molecular flexibility index (Phi) is 5.10. The fraction of sp³-hybridized carbons (Fsp3) is 0.0909. The number of hydrazone groups is 1. The van der Waals surface area contributed by atoms with Gasteiger partial charge in [0.2, 0.25) is 0 Å². The first-order chi connectivity index (χ1) is 14.0. The van der Waals surface area contributed by atoms with Crippen molar-refractivity contribution in [3.63, 3.8) is 0 Å². The molecule has 0 unspecified atom stereocenters. The highest BCUT2D eigenvalue weighted by Gasteiger charge is 2.37. The van der Waals surface area contributed by atoms with Crippen LogP contribution in [0.2, 0.25) is 5.02 Å². The lowest BCUT2D eigenvalue weighted by Crippen LogP contribution is -2.27. The van der Waals surface area contributed by atoms with E-state index in [1.54, 1.807) is 42.5 Å². The second kappa shape index (κ2) is 7.85. The van der Waals surface area contributed by atoms with Crippen LogP contribution in [-0.2, 0) is 0 Å². The van der Waals surface area contributed by atoms with Crippen LogP contribution in [0.25, 0.3) is 0 Å². The molecule has 0 saturated heterocycles. The van der Waals surface area contributed by atoms with Crippen LogP contribution in [0.3, 0.4) is 0 Å². The lowest BCUT2D eigenvalue weighted by atomic mass is 9.97. The first kappa shape index (κ1) is 18.8. The van der Waals surface area contributed by atoms with Crippen LogP contribution in [0.5, 0.6) is 0 Å². The predicted molar refractivity (Wildman–Crippen MR) is 111 cm³/mol. The molecule has 1 atom stereocenters. The normalized spacial score (nSPS) is 15.8. The highest BCUT2D eigenvalue weighted by molar-refractivity contribution is 6.30. The van der Waals surface area contributed by atoms with Crippen LogP contribution in [0.4, 0.5) is 5.69 Å². The van der Waals surface area contributed by atoms with Gasteiger partial charge in [-0.3, -0.25) is 14.9 Å². The van der Waals surface area contributed by atoms with Crippen molar-refractivity contribution >= 4 is 28.9 Å². The second-order valence-corrected chi connectivity index (χ2v) is 7.04. The van der Waals surface area contributed by atoms with Gasteiger partial charge < -0.3 is 0 Å². The van der Waals surface area contributed by atoms with E-state index in [1.807, 2.05) is 30.3 Å². The van der Waals surface area contributed by atoms with Crippen molar-refractivity contribution in [2.24, 2.45) is 5.10 Å². The average Bonchev–Trinajstić information content (AvgIpc) is 3.20. The molecule has 0 spiro atoms. The number of halogens is 1. The monoisotopic (exact) mass is 405 g/mol. The van der Waals surface area contributed by atoms with Crippen molar-refractivity contribution in [3.8, 4) is 0 Å². The number of nitro groups is 1. The highest BCUT2D eigenvalue weighted by Crippen LogP contribution is 2.38. The molecule has 6 nitrogen and oxygen atoms in total. The third kappa shape index (κ3) is 3.75. The number of hydrogen-bond donors (Lipinski definition) is 0. The molecule has 0 aliphatic carbocycles. The smallest absolute Gasteiger partial charge is 0.267 e. The van der Waals surface area contributed by atoms with Gasteiger partial charge in [0.15, 0.2) is 0 Å². The summed E-state index contributed by atoms with van der Waals surface area (Å²) in [5.74, 6) is -0.337. The van der Waals surface area contributed by atoms with Crippen molar-refractivity contribution in [2.75, 3.05) is 0 Å². The van der Waals surface area contributed by atoms with E-state index >= 15 is 0 Å². The lowest BCUT2D eigenvalue weighted by molar-refractivity contribution is -0.385. The minimum Gasteiger partial charge on any atom is -0.267 e. The van der Waals surface area contributed by atoms with Crippen molar-refractivity contribution < 1.29 is 9.72 Å². The first-order valence-corrected chi connectivity index (χ1v) is 9.38. The molecule has 3 aromatic rings. The van der Waals surface area contributed by atoms with Crippen molar-refractivity contribution in [3.05, 3.63) is 111 Å². The summed E-state index contributed by atoms with van der Waals surface area (Å²) in [4.78, 5) is 24.3. The van der Waals surface area contributed by atoms with Gasteiger partial charge in [0.1, 0.15) is 0 Å². The van der Waals surface area contributed by atoms with Gasteiger partial charge in [-0.2, -0.15) is 5.10 Å². The third-order valence-electron chi connectivity index (χ3n) is 4.81. The Morgan fingerprint density at radius 1 is 1.00 bits per heavy atom. The number of nitro benzene ring substituents is 1. The number of carbonyl (C=O) groups excluding carboxylic acids is 1. The molecular weight excluding hydrogens is 390 g/mol. The minimum absolute atomic E-state index is 0.0316. The van der Waals surface area contributed by atoms with E-state index in [0.29, 0.717) is 28.3 Å². The molecule has 4 rings (SSSR count). The number of rotatable bonds is 4. The Bertz CT molecular complexity index is 1100. The van der Waals surface area contributed by atoms with Crippen molar-refractivity contribution in [1.82, 2.24) is 5.01 Å². The number of amides is 1. The largest absolute Gasteiger partial charge is 0.274 e. The lowest BCUT2D eigenvalue weighted by Gasteiger charge is -2.22. The summed E-state index contributed by atoms with van der Waals surface area (Å²) in [6, 6.07) is 21.9. The molecule has 1 aliphatic rings. The molecule has 1 aliphatic heterocycles.